The number of esters is 1. The van der Waals surface area contributed by atoms with Gasteiger partial charge < -0.3 is 14.2 Å². The number of aromatic nitrogens is 1. The van der Waals surface area contributed by atoms with Crippen LogP contribution in [0.1, 0.15) is 56.0 Å². The maximum absolute atomic E-state index is 13.5. The van der Waals surface area contributed by atoms with Gasteiger partial charge in [0, 0.05) is 29.3 Å². The normalized spacial score (nSPS) is 17.6. The molecule has 0 bridgehead atoms. The van der Waals surface area contributed by atoms with Crippen molar-refractivity contribution in [3.05, 3.63) is 81.6 Å². The van der Waals surface area contributed by atoms with Crippen molar-refractivity contribution in [3.8, 4) is 5.69 Å². The topological polar surface area (TPSA) is 51.5 Å². The molecule has 1 aromatic heterocycles. The lowest BCUT2D eigenvalue weighted by molar-refractivity contribution is -0.136. The van der Waals surface area contributed by atoms with Crippen LogP contribution in [0.5, 0.6) is 0 Å². The maximum atomic E-state index is 13.5. The van der Waals surface area contributed by atoms with Crippen molar-refractivity contribution >= 4 is 18.0 Å². The smallest absolute Gasteiger partial charge is 0.340 e. The summed E-state index contributed by atoms with van der Waals surface area (Å²) in [5.41, 5.74) is 6.19. The molecule has 0 fully saturated rings. The minimum atomic E-state index is -0.510. The van der Waals surface area contributed by atoms with E-state index in [0.29, 0.717) is 23.4 Å². The molecule has 1 amide bonds. The predicted octanol–water partition coefficient (Wildman–Crippen LogP) is 5.80. The van der Waals surface area contributed by atoms with Crippen molar-refractivity contribution < 1.29 is 18.7 Å². The third kappa shape index (κ3) is 4.49. The number of ether oxygens (including phenoxy) is 1. The molecule has 1 aromatic carbocycles. The number of carbonyl (C=O) groups is 2. The number of allylic oxidation sites excluding steroid dienone is 2. The molecule has 0 atom stereocenters. The second-order valence-electron chi connectivity index (χ2n) is 8.96. The summed E-state index contributed by atoms with van der Waals surface area (Å²) >= 11 is 0. The molecule has 0 saturated carbocycles. The number of nitrogens with zero attached hydrogens (tertiary/aromatic N) is 2. The summed E-state index contributed by atoms with van der Waals surface area (Å²) in [6.07, 6.45) is 9.46. The van der Waals surface area contributed by atoms with Gasteiger partial charge in [0.15, 0.2) is 0 Å². The van der Waals surface area contributed by atoms with E-state index < -0.39 is 5.97 Å². The molecule has 1 aliphatic heterocycles. The van der Waals surface area contributed by atoms with Gasteiger partial charge in [-0.1, -0.05) is 11.6 Å². The van der Waals surface area contributed by atoms with Gasteiger partial charge in [-0.05, 0) is 94.8 Å². The van der Waals surface area contributed by atoms with Gasteiger partial charge in [0.25, 0.3) is 5.91 Å². The van der Waals surface area contributed by atoms with Crippen LogP contribution < -0.4 is 0 Å². The molecule has 4 rings (SSSR count). The van der Waals surface area contributed by atoms with Crippen molar-refractivity contribution in [3.63, 3.8) is 0 Å². The Balaban J connectivity index is 1.69. The van der Waals surface area contributed by atoms with Gasteiger partial charge in [-0.3, -0.25) is 4.79 Å². The third-order valence-corrected chi connectivity index (χ3v) is 6.80. The Morgan fingerprint density at radius 3 is 2.53 bits per heavy atom. The Kier molecular flexibility index (Phi) is 6.87. The summed E-state index contributed by atoms with van der Waals surface area (Å²) in [5.74, 6) is -0.984. The van der Waals surface area contributed by atoms with Crippen molar-refractivity contribution in [1.82, 2.24) is 9.47 Å². The average molecular weight is 463 g/mol. The van der Waals surface area contributed by atoms with E-state index in [1.54, 1.807) is 23.1 Å². The van der Waals surface area contributed by atoms with E-state index in [2.05, 4.69) is 6.08 Å². The highest BCUT2D eigenvalue weighted by Gasteiger charge is 2.37. The number of amides is 1. The molecular weight excluding hydrogens is 431 g/mol. The molecule has 2 aliphatic rings. The molecule has 0 unspecified atom stereocenters. The molecule has 0 radical (unpaired) electrons. The van der Waals surface area contributed by atoms with Gasteiger partial charge in [-0.15, -0.1) is 0 Å². The molecule has 0 spiro atoms. The Morgan fingerprint density at radius 2 is 1.88 bits per heavy atom. The SMILES string of the molecule is COC(=O)C1=C(C)N(CCC2=CCCCC2)C(=O)/C1=C\c1cc(C)n(-c2ccc(F)cc2)c1C. The molecule has 178 valence electrons. The largest absolute Gasteiger partial charge is 0.465 e. The standard InChI is InChI=1S/C28H31FN2O3/c1-18-16-22(19(2)31(18)24-12-10-23(29)11-13-24)17-25-26(28(33)34-4)20(3)30(27(25)32)15-14-21-8-6-5-7-9-21/h8,10-13,16-17H,5-7,9,14-15H2,1-4H3/b25-17-. The molecule has 0 N–H and O–H groups in total. The highest BCUT2D eigenvalue weighted by Crippen LogP contribution is 2.34. The first-order chi connectivity index (χ1) is 16.3. The average Bonchev–Trinajstić information content (AvgIpc) is 3.24. The fourth-order valence-corrected chi connectivity index (χ4v) is 4.96. The summed E-state index contributed by atoms with van der Waals surface area (Å²) in [5, 5.41) is 0. The molecular formula is C28H31FN2O3. The van der Waals surface area contributed by atoms with Crippen LogP contribution >= 0.6 is 0 Å². The number of hydrogen-bond donors (Lipinski definition) is 0. The number of carbonyl (C=O) groups excluding carboxylic acids is 2. The number of hydrogen-bond acceptors (Lipinski definition) is 3. The maximum Gasteiger partial charge on any atom is 0.340 e. The third-order valence-electron chi connectivity index (χ3n) is 6.80. The molecule has 1 aliphatic carbocycles. The Bertz CT molecular complexity index is 1220. The van der Waals surface area contributed by atoms with Crippen LogP contribution in [-0.2, 0) is 14.3 Å². The zero-order valence-corrected chi connectivity index (χ0v) is 20.3. The lowest BCUT2D eigenvalue weighted by Gasteiger charge is -2.20. The van der Waals surface area contributed by atoms with Crippen molar-refractivity contribution in [1.29, 1.82) is 0 Å². The molecule has 2 aromatic rings. The predicted molar refractivity (Wildman–Crippen MR) is 131 cm³/mol. The van der Waals surface area contributed by atoms with E-state index in [0.717, 1.165) is 41.9 Å². The van der Waals surface area contributed by atoms with Gasteiger partial charge in [-0.25, -0.2) is 9.18 Å². The van der Waals surface area contributed by atoms with E-state index in [1.807, 2.05) is 31.4 Å². The van der Waals surface area contributed by atoms with E-state index in [1.165, 1.54) is 37.7 Å². The van der Waals surface area contributed by atoms with Gasteiger partial charge in [0.1, 0.15) is 5.82 Å². The summed E-state index contributed by atoms with van der Waals surface area (Å²) in [7, 11) is 1.33. The Morgan fingerprint density at radius 1 is 1.15 bits per heavy atom. The highest BCUT2D eigenvalue weighted by atomic mass is 19.1. The molecule has 2 heterocycles. The lowest BCUT2D eigenvalue weighted by atomic mass is 9.97. The lowest BCUT2D eigenvalue weighted by Crippen LogP contribution is -2.26. The molecule has 6 heteroatoms. The second kappa shape index (κ2) is 9.84. The van der Waals surface area contributed by atoms with Crippen molar-refractivity contribution in [2.75, 3.05) is 13.7 Å². The number of aryl methyl sites for hydroxylation is 1. The van der Waals surface area contributed by atoms with Crippen molar-refractivity contribution in [2.24, 2.45) is 0 Å². The van der Waals surface area contributed by atoms with Crippen LogP contribution in [0.25, 0.3) is 11.8 Å². The van der Waals surface area contributed by atoms with Gasteiger partial charge in [-0.2, -0.15) is 0 Å². The number of rotatable bonds is 6. The zero-order chi connectivity index (χ0) is 24.4. The van der Waals surface area contributed by atoms with E-state index >= 15 is 0 Å². The van der Waals surface area contributed by atoms with Crippen LogP contribution in [-0.4, -0.2) is 35.0 Å². The fourth-order valence-electron chi connectivity index (χ4n) is 4.96. The second-order valence-corrected chi connectivity index (χ2v) is 8.96. The molecule has 34 heavy (non-hydrogen) atoms. The van der Waals surface area contributed by atoms with Gasteiger partial charge >= 0.3 is 5.97 Å². The summed E-state index contributed by atoms with van der Waals surface area (Å²) < 4.78 is 20.5. The van der Waals surface area contributed by atoms with E-state index in [-0.39, 0.29) is 11.7 Å². The number of benzene rings is 1. The van der Waals surface area contributed by atoms with Gasteiger partial charge in [0.05, 0.1) is 18.3 Å². The van der Waals surface area contributed by atoms with E-state index in [9.17, 15) is 14.0 Å². The highest BCUT2D eigenvalue weighted by molar-refractivity contribution is 6.16. The minimum absolute atomic E-state index is 0.180. The molecule has 0 saturated heterocycles. The summed E-state index contributed by atoms with van der Waals surface area (Å²) in [6.45, 7) is 6.26. The van der Waals surface area contributed by atoms with Crippen LogP contribution in [0.2, 0.25) is 0 Å². The van der Waals surface area contributed by atoms with E-state index in [4.69, 9.17) is 4.74 Å². The fraction of sp³-hybridized carbons (Fsp3) is 0.357. The van der Waals surface area contributed by atoms with Crippen LogP contribution in [0.15, 0.2) is 58.8 Å². The first-order valence-corrected chi connectivity index (χ1v) is 11.8. The summed E-state index contributed by atoms with van der Waals surface area (Å²) in [6, 6.07) is 8.26. The molecule has 5 nitrogen and oxygen atoms in total. The zero-order valence-electron chi connectivity index (χ0n) is 20.3. The van der Waals surface area contributed by atoms with Crippen molar-refractivity contribution in [2.45, 2.75) is 52.9 Å². The van der Waals surface area contributed by atoms with Gasteiger partial charge in [0.2, 0.25) is 0 Å². The minimum Gasteiger partial charge on any atom is -0.465 e. The van der Waals surface area contributed by atoms with Crippen LogP contribution in [0.3, 0.4) is 0 Å². The quantitative estimate of drug-likeness (QED) is 0.310. The first-order valence-electron chi connectivity index (χ1n) is 11.8. The Labute approximate surface area is 200 Å². The van der Waals surface area contributed by atoms with Crippen LogP contribution in [0, 0.1) is 19.7 Å². The monoisotopic (exact) mass is 462 g/mol. The number of halogens is 1. The summed E-state index contributed by atoms with van der Waals surface area (Å²) in [4.78, 5) is 27.9. The number of methoxy groups -OCH3 is 1. The first kappa shape index (κ1) is 23.7. The Hall–Kier alpha value is -3.41. The van der Waals surface area contributed by atoms with Crippen LogP contribution in [0.4, 0.5) is 4.39 Å².